The van der Waals surface area contributed by atoms with Gasteiger partial charge in [-0.15, -0.1) is 0 Å². The lowest BCUT2D eigenvalue weighted by atomic mass is 9.97. The van der Waals surface area contributed by atoms with E-state index in [0.29, 0.717) is 6.61 Å². The maximum Gasteiger partial charge on any atom is 0.309 e. The van der Waals surface area contributed by atoms with Crippen LogP contribution in [-0.2, 0) is 9.53 Å². The first-order valence-corrected chi connectivity index (χ1v) is 7.02. The Kier molecular flexibility index (Phi) is 4.76. The van der Waals surface area contributed by atoms with Gasteiger partial charge in [-0.3, -0.25) is 4.79 Å². The van der Waals surface area contributed by atoms with Gasteiger partial charge in [0.1, 0.15) is 18.0 Å². The molecule has 2 heterocycles. The first-order chi connectivity index (χ1) is 9.61. The van der Waals surface area contributed by atoms with Crippen molar-refractivity contribution in [1.82, 2.24) is 9.97 Å². The van der Waals surface area contributed by atoms with Crippen LogP contribution in [0, 0.1) is 5.92 Å². The second-order valence-corrected chi connectivity index (χ2v) is 5.14. The summed E-state index contributed by atoms with van der Waals surface area (Å²) in [5.41, 5.74) is 0. The van der Waals surface area contributed by atoms with Crippen molar-refractivity contribution in [2.75, 3.05) is 43.6 Å². The van der Waals surface area contributed by atoms with Crippen LogP contribution in [0.3, 0.4) is 0 Å². The van der Waals surface area contributed by atoms with Crippen LogP contribution in [0.15, 0.2) is 12.4 Å². The van der Waals surface area contributed by atoms with Crippen molar-refractivity contribution in [2.24, 2.45) is 5.92 Å². The van der Waals surface area contributed by atoms with Crippen molar-refractivity contribution in [3.8, 4) is 0 Å². The molecule has 1 saturated heterocycles. The van der Waals surface area contributed by atoms with Crippen LogP contribution in [0.25, 0.3) is 0 Å². The fourth-order valence-electron chi connectivity index (χ4n) is 2.36. The second kappa shape index (κ2) is 6.54. The van der Waals surface area contributed by atoms with Gasteiger partial charge in [0, 0.05) is 33.3 Å². The lowest BCUT2D eigenvalue weighted by molar-refractivity contribution is -0.148. The fraction of sp³-hybridized carbons (Fsp3) is 0.643. The summed E-state index contributed by atoms with van der Waals surface area (Å²) in [5.74, 6) is 1.78. The van der Waals surface area contributed by atoms with Gasteiger partial charge in [0.05, 0.1) is 12.5 Å². The Hall–Kier alpha value is -1.85. The van der Waals surface area contributed by atoms with Crippen LogP contribution in [0.4, 0.5) is 11.6 Å². The van der Waals surface area contributed by atoms with Gasteiger partial charge in [-0.1, -0.05) is 0 Å². The molecule has 1 aliphatic rings. The van der Waals surface area contributed by atoms with Gasteiger partial charge in [-0.25, -0.2) is 9.97 Å². The molecule has 1 fully saturated rings. The summed E-state index contributed by atoms with van der Waals surface area (Å²) >= 11 is 0. The Morgan fingerprint density at radius 1 is 1.40 bits per heavy atom. The minimum absolute atomic E-state index is 0.0290. The molecule has 0 amide bonds. The van der Waals surface area contributed by atoms with E-state index in [1.54, 1.807) is 6.33 Å². The van der Waals surface area contributed by atoms with Crippen molar-refractivity contribution in [1.29, 1.82) is 0 Å². The third-order valence-electron chi connectivity index (χ3n) is 3.54. The summed E-state index contributed by atoms with van der Waals surface area (Å²) in [7, 11) is 3.91. The zero-order chi connectivity index (χ0) is 14.5. The van der Waals surface area contributed by atoms with Crippen LogP contribution < -0.4 is 9.80 Å². The van der Waals surface area contributed by atoms with Crippen molar-refractivity contribution in [3.63, 3.8) is 0 Å². The SMILES string of the molecule is CCOC(=O)C1CCN(c2cc(N(C)C)ncn2)CC1. The Morgan fingerprint density at radius 3 is 2.70 bits per heavy atom. The van der Waals surface area contributed by atoms with E-state index in [2.05, 4.69) is 14.9 Å². The summed E-state index contributed by atoms with van der Waals surface area (Å²) in [6.07, 6.45) is 3.22. The number of carbonyl (C=O) groups is 1. The topological polar surface area (TPSA) is 58.6 Å². The highest BCUT2D eigenvalue weighted by Gasteiger charge is 2.26. The molecular weight excluding hydrogens is 256 g/mol. The number of hydrogen-bond donors (Lipinski definition) is 0. The van der Waals surface area contributed by atoms with Gasteiger partial charge in [0.15, 0.2) is 0 Å². The summed E-state index contributed by atoms with van der Waals surface area (Å²) in [6.45, 7) is 3.95. The number of ether oxygens (including phenoxy) is 1. The summed E-state index contributed by atoms with van der Waals surface area (Å²) in [5, 5.41) is 0. The molecule has 2 rings (SSSR count). The molecule has 0 N–H and O–H groups in total. The van der Waals surface area contributed by atoms with E-state index < -0.39 is 0 Å². The molecule has 110 valence electrons. The zero-order valence-electron chi connectivity index (χ0n) is 12.4. The van der Waals surface area contributed by atoms with Gasteiger partial charge in [0.2, 0.25) is 0 Å². The van der Waals surface area contributed by atoms with E-state index in [4.69, 9.17) is 4.74 Å². The van der Waals surface area contributed by atoms with E-state index in [0.717, 1.165) is 37.6 Å². The smallest absolute Gasteiger partial charge is 0.309 e. The Balaban J connectivity index is 1.97. The number of hydrogen-bond acceptors (Lipinski definition) is 6. The number of anilines is 2. The van der Waals surface area contributed by atoms with E-state index in [1.165, 1.54) is 0 Å². The molecular formula is C14H22N4O2. The molecule has 1 aromatic rings. The molecule has 20 heavy (non-hydrogen) atoms. The highest BCUT2D eigenvalue weighted by Crippen LogP contribution is 2.24. The van der Waals surface area contributed by atoms with Gasteiger partial charge in [0.25, 0.3) is 0 Å². The molecule has 0 atom stereocenters. The average molecular weight is 278 g/mol. The van der Waals surface area contributed by atoms with E-state index in [1.807, 2.05) is 32.0 Å². The third-order valence-corrected chi connectivity index (χ3v) is 3.54. The van der Waals surface area contributed by atoms with Crippen LogP contribution >= 0.6 is 0 Å². The molecule has 6 heteroatoms. The largest absolute Gasteiger partial charge is 0.466 e. The molecule has 0 unspecified atom stereocenters. The molecule has 0 aromatic carbocycles. The van der Waals surface area contributed by atoms with Crippen LogP contribution in [0.1, 0.15) is 19.8 Å². The number of rotatable bonds is 4. The van der Waals surface area contributed by atoms with E-state index >= 15 is 0 Å². The molecule has 0 aliphatic carbocycles. The molecule has 0 saturated carbocycles. The fourth-order valence-corrected chi connectivity index (χ4v) is 2.36. The quantitative estimate of drug-likeness (QED) is 0.774. The number of piperidine rings is 1. The van der Waals surface area contributed by atoms with Crippen LogP contribution in [-0.4, -0.2) is 49.7 Å². The monoisotopic (exact) mass is 278 g/mol. The number of carbonyl (C=O) groups excluding carboxylic acids is 1. The average Bonchev–Trinajstić information content (AvgIpc) is 2.48. The number of nitrogens with zero attached hydrogens (tertiary/aromatic N) is 4. The van der Waals surface area contributed by atoms with E-state index in [9.17, 15) is 4.79 Å². The van der Waals surface area contributed by atoms with E-state index in [-0.39, 0.29) is 11.9 Å². The highest BCUT2D eigenvalue weighted by molar-refractivity contribution is 5.72. The van der Waals surface area contributed by atoms with Crippen molar-refractivity contribution >= 4 is 17.6 Å². The Bertz CT molecular complexity index is 456. The van der Waals surface area contributed by atoms with Gasteiger partial charge < -0.3 is 14.5 Å². The third kappa shape index (κ3) is 3.37. The lowest BCUT2D eigenvalue weighted by Gasteiger charge is -2.31. The summed E-state index contributed by atoms with van der Waals surface area (Å²) in [6, 6.07) is 1.98. The van der Waals surface area contributed by atoms with Crippen LogP contribution in [0.2, 0.25) is 0 Å². The first kappa shape index (κ1) is 14.6. The van der Waals surface area contributed by atoms with Crippen molar-refractivity contribution in [3.05, 3.63) is 12.4 Å². The van der Waals surface area contributed by atoms with Crippen LogP contribution in [0.5, 0.6) is 0 Å². The Morgan fingerprint density at radius 2 is 2.10 bits per heavy atom. The minimum Gasteiger partial charge on any atom is -0.466 e. The molecule has 1 aromatic heterocycles. The zero-order valence-corrected chi connectivity index (χ0v) is 12.4. The maximum atomic E-state index is 11.7. The highest BCUT2D eigenvalue weighted by atomic mass is 16.5. The van der Waals surface area contributed by atoms with Gasteiger partial charge in [-0.2, -0.15) is 0 Å². The van der Waals surface area contributed by atoms with Gasteiger partial charge >= 0.3 is 5.97 Å². The molecule has 1 aliphatic heterocycles. The maximum absolute atomic E-state index is 11.7. The molecule has 0 spiro atoms. The van der Waals surface area contributed by atoms with Gasteiger partial charge in [-0.05, 0) is 19.8 Å². The lowest BCUT2D eigenvalue weighted by Crippen LogP contribution is -2.37. The first-order valence-electron chi connectivity index (χ1n) is 7.02. The minimum atomic E-state index is -0.0659. The molecule has 0 bridgehead atoms. The Labute approximate surface area is 119 Å². The normalized spacial score (nSPS) is 16.1. The predicted octanol–water partition coefficient (Wildman–Crippen LogP) is 1.32. The molecule has 0 radical (unpaired) electrons. The summed E-state index contributed by atoms with van der Waals surface area (Å²) in [4.78, 5) is 24.4. The number of esters is 1. The van der Waals surface area contributed by atoms with Crippen molar-refractivity contribution in [2.45, 2.75) is 19.8 Å². The summed E-state index contributed by atoms with van der Waals surface area (Å²) < 4.78 is 5.08. The second-order valence-electron chi connectivity index (χ2n) is 5.14. The molecule has 6 nitrogen and oxygen atoms in total. The standard InChI is InChI=1S/C14H22N4O2/c1-4-20-14(19)11-5-7-18(8-6-11)13-9-12(17(2)3)15-10-16-13/h9-11H,4-8H2,1-3H3. The van der Waals surface area contributed by atoms with Crippen molar-refractivity contribution < 1.29 is 9.53 Å². The number of aromatic nitrogens is 2. The predicted molar refractivity (Wildman–Crippen MR) is 77.9 cm³/mol.